The summed E-state index contributed by atoms with van der Waals surface area (Å²) in [5.74, 6) is 1.39. The van der Waals surface area contributed by atoms with Gasteiger partial charge in [0, 0.05) is 12.1 Å². The summed E-state index contributed by atoms with van der Waals surface area (Å²) < 4.78 is 0. The van der Waals surface area contributed by atoms with Crippen LogP contribution in [0.4, 0.5) is 0 Å². The molecular weight excluding hydrogens is 198 g/mol. The molecule has 0 heterocycles. The molecule has 1 rings (SSSR count). The molecule has 0 amide bonds. The number of nitrogens with one attached hydrogen (secondary N) is 1. The molecule has 0 bridgehead atoms. The Balaban J connectivity index is 2.49. The van der Waals surface area contributed by atoms with E-state index < -0.39 is 5.60 Å². The summed E-state index contributed by atoms with van der Waals surface area (Å²) in [4.78, 5) is 0. The van der Waals surface area contributed by atoms with Gasteiger partial charge in [-0.25, -0.2) is 0 Å². The number of β-amino-alcohol motifs (C(OH)–C–C–N with tert-alkyl or cyclic N) is 1. The Kier molecular flexibility index (Phi) is 4.42. The zero-order valence-electron chi connectivity index (χ0n) is 11.6. The molecular formula is C14H29NO. The second-order valence-electron chi connectivity index (χ2n) is 6.93. The second kappa shape index (κ2) is 5.05. The Bertz CT molecular complexity index is 219. The third kappa shape index (κ3) is 4.42. The molecule has 2 N–H and O–H groups in total. The maximum Gasteiger partial charge on any atom is 0.0774 e. The smallest absolute Gasteiger partial charge is 0.0774 e. The van der Waals surface area contributed by atoms with E-state index in [1.807, 2.05) is 0 Å². The van der Waals surface area contributed by atoms with E-state index in [2.05, 4.69) is 39.9 Å². The predicted molar refractivity (Wildman–Crippen MR) is 69.5 cm³/mol. The first-order valence-electron chi connectivity index (χ1n) is 6.69. The minimum absolute atomic E-state index is 0.0977. The molecule has 96 valence electrons. The molecule has 1 aliphatic carbocycles. The SMILES string of the molecule is CC(C)C1CCCC(O)(CNC(C)(C)C)C1. The van der Waals surface area contributed by atoms with Crippen molar-refractivity contribution in [2.24, 2.45) is 11.8 Å². The van der Waals surface area contributed by atoms with Gasteiger partial charge in [0.15, 0.2) is 0 Å². The summed E-state index contributed by atoms with van der Waals surface area (Å²) in [5, 5.41) is 14.0. The summed E-state index contributed by atoms with van der Waals surface area (Å²) in [6.07, 6.45) is 4.38. The number of hydrogen-bond donors (Lipinski definition) is 2. The highest BCUT2D eigenvalue weighted by molar-refractivity contribution is 4.90. The van der Waals surface area contributed by atoms with Crippen LogP contribution < -0.4 is 5.32 Å². The first-order valence-corrected chi connectivity index (χ1v) is 6.69. The maximum atomic E-state index is 10.6. The topological polar surface area (TPSA) is 32.3 Å². The van der Waals surface area contributed by atoms with E-state index in [0.29, 0.717) is 11.8 Å². The predicted octanol–water partition coefficient (Wildman–Crippen LogP) is 2.95. The molecule has 1 aliphatic rings. The Hall–Kier alpha value is -0.0800. The standard InChI is InChI=1S/C14H29NO/c1-11(2)12-7-6-8-14(16,9-12)10-15-13(3,4)5/h11-12,15-16H,6-10H2,1-5H3. The van der Waals surface area contributed by atoms with Crippen LogP contribution in [0.15, 0.2) is 0 Å². The van der Waals surface area contributed by atoms with Crippen LogP contribution in [0.2, 0.25) is 0 Å². The van der Waals surface area contributed by atoms with Gasteiger partial charge in [-0.05, 0) is 51.9 Å². The first-order chi connectivity index (χ1) is 7.22. The van der Waals surface area contributed by atoms with E-state index in [4.69, 9.17) is 0 Å². The van der Waals surface area contributed by atoms with Crippen LogP contribution in [0.3, 0.4) is 0 Å². The molecule has 1 fully saturated rings. The lowest BCUT2D eigenvalue weighted by molar-refractivity contribution is -0.0270. The molecule has 2 heteroatoms. The molecule has 0 aromatic carbocycles. The lowest BCUT2D eigenvalue weighted by atomic mass is 9.73. The van der Waals surface area contributed by atoms with Gasteiger partial charge in [-0.15, -0.1) is 0 Å². The monoisotopic (exact) mass is 227 g/mol. The summed E-state index contributed by atoms with van der Waals surface area (Å²) in [7, 11) is 0. The molecule has 0 radical (unpaired) electrons. The normalized spacial score (nSPS) is 32.1. The third-order valence-corrected chi connectivity index (χ3v) is 3.75. The molecule has 16 heavy (non-hydrogen) atoms. The molecule has 1 saturated carbocycles. The largest absolute Gasteiger partial charge is 0.389 e. The Morgan fingerprint density at radius 3 is 2.50 bits per heavy atom. The summed E-state index contributed by atoms with van der Waals surface area (Å²) in [6, 6.07) is 0. The molecule has 2 nitrogen and oxygen atoms in total. The molecule has 0 saturated heterocycles. The van der Waals surface area contributed by atoms with E-state index in [0.717, 1.165) is 19.4 Å². The van der Waals surface area contributed by atoms with Crippen LogP contribution in [-0.4, -0.2) is 22.8 Å². The van der Waals surface area contributed by atoms with Crippen molar-refractivity contribution < 1.29 is 5.11 Å². The van der Waals surface area contributed by atoms with Crippen LogP contribution in [0.25, 0.3) is 0 Å². The number of rotatable bonds is 3. The molecule has 2 atom stereocenters. The highest BCUT2D eigenvalue weighted by Crippen LogP contribution is 2.36. The zero-order chi connectivity index (χ0) is 12.4. The average Bonchev–Trinajstić information content (AvgIpc) is 2.14. The van der Waals surface area contributed by atoms with Gasteiger partial charge in [0.05, 0.1) is 5.60 Å². The van der Waals surface area contributed by atoms with Gasteiger partial charge in [0.2, 0.25) is 0 Å². The fraction of sp³-hybridized carbons (Fsp3) is 1.00. The molecule has 0 aromatic rings. The van der Waals surface area contributed by atoms with Crippen molar-refractivity contribution in [2.75, 3.05) is 6.54 Å². The summed E-state index contributed by atoms with van der Waals surface area (Å²) >= 11 is 0. The average molecular weight is 227 g/mol. The van der Waals surface area contributed by atoms with Crippen molar-refractivity contribution in [1.29, 1.82) is 0 Å². The fourth-order valence-electron chi connectivity index (χ4n) is 2.54. The van der Waals surface area contributed by atoms with E-state index in [-0.39, 0.29) is 5.54 Å². The molecule has 0 aromatic heterocycles. The minimum atomic E-state index is -0.472. The number of hydrogen-bond acceptors (Lipinski definition) is 2. The van der Waals surface area contributed by atoms with Gasteiger partial charge in [0.1, 0.15) is 0 Å². The van der Waals surface area contributed by atoms with Crippen molar-refractivity contribution in [3.63, 3.8) is 0 Å². The molecule has 0 spiro atoms. The molecule has 0 aliphatic heterocycles. The van der Waals surface area contributed by atoms with Crippen molar-refractivity contribution in [3.05, 3.63) is 0 Å². The van der Waals surface area contributed by atoms with Gasteiger partial charge >= 0.3 is 0 Å². The van der Waals surface area contributed by atoms with Crippen LogP contribution in [0, 0.1) is 11.8 Å². The quantitative estimate of drug-likeness (QED) is 0.777. The Labute approximate surface area is 101 Å². The minimum Gasteiger partial charge on any atom is -0.389 e. The lowest BCUT2D eigenvalue weighted by Gasteiger charge is -2.40. The summed E-state index contributed by atoms with van der Waals surface area (Å²) in [5.41, 5.74) is -0.374. The van der Waals surface area contributed by atoms with E-state index in [1.54, 1.807) is 0 Å². The summed E-state index contributed by atoms with van der Waals surface area (Å²) in [6.45, 7) is 11.7. The van der Waals surface area contributed by atoms with Gasteiger partial charge < -0.3 is 10.4 Å². The van der Waals surface area contributed by atoms with Crippen molar-refractivity contribution >= 4 is 0 Å². The fourth-order valence-corrected chi connectivity index (χ4v) is 2.54. The lowest BCUT2D eigenvalue weighted by Crippen LogP contribution is -2.50. The van der Waals surface area contributed by atoms with E-state index >= 15 is 0 Å². The Morgan fingerprint density at radius 2 is 2.00 bits per heavy atom. The van der Waals surface area contributed by atoms with Crippen molar-refractivity contribution in [2.45, 2.75) is 71.4 Å². The zero-order valence-corrected chi connectivity index (χ0v) is 11.6. The van der Waals surface area contributed by atoms with Crippen LogP contribution in [-0.2, 0) is 0 Å². The van der Waals surface area contributed by atoms with Crippen LogP contribution in [0.5, 0.6) is 0 Å². The van der Waals surface area contributed by atoms with Crippen molar-refractivity contribution in [1.82, 2.24) is 5.32 Å². The Morgan fingerprint density at radius 1 is 1.38 bits per heavy atom. The number of aliphatic hydroxyl groups is 1. The first kappa shape index (κ1) is 14.0. The highest BCUT2D eigenvalue weighted by atomic mass is 16.3. The van der Waals surface area contributed by atoms with Crippen molar-refractivity contribution in [3.8, 4) is 0 Å². The van der Waals surface area contributed by atoms with Gasteiger partial charge in [-0.1, -0.05) is 20.3 Å². The van der Waals surface area contributed by atoms with Crippen LogP contribution in [0.1, 0.15) is 60.3 Å². The maximum absolute atomic E-state index is 10.6. The highest BCUT2D eigenvalue weighted by Gasteiger charge is 2.35. The van der Waals surface area contributed by atoms with Gasteiger partial charge in [0.25, 0.3) is 0 Å². The second-order valence-corrected chi connectivity index (χ2v) is 6.93. The third-order valence-electron chi connectivity index (χ3n) is 3.75. The molecule has 2 unspecified atom stereocenters. The van der Waals surface area contributed by atoms with Crippen LogP contribution >= 0.6 is 0 Å². The van der Waals surface area contributed by atoms with Gasteiger partial charge in [-0.3, -0.25) is 0 Å². The van der Waals surface area contributed by atoms with E-state index in [1.165, 1.54) is 12.8 Å². The van der Waals surface area contributed by atoms with Gasteiger partial charge in [-0.2, -0.15) is 0 Å². The van der Waals surface area contributed by atoms with E-state index in [9.17, 15) is 5.11 Å².